The van der Waals surface area contributed by atoms with Gasteiger partial charge in [-0.05, 0) is 24.3 Å². The Hall–Kier alpha value is -3.54. The minimum absolute atomic E-state index is 0.132. The van der Waals surface area contributed by atoms with Gasteiger partial charge in [-0.2, -0.15) is 48.3 Å². The molecule has 1 aliphatic rings. The molecule has 0 aromatic heterocycles. The summed E-state index contributed by atoms with van der Waals surface area (Å²) >= 11 is 8.79. The Morgan fingerprint density at radius 2 is 0.951 bits per heavy atom. The van der Waals surface area contributed by atoms with E-state index in [1.54, 1.807) is 0 Å². The van der Waals surface area contributed by atoms with E-state index >= 15 is 0 Å². The lowest BCUT2D eigenvalue weighted by Crippen LogP contribution is -2.25. The normalized spacial score (nSPS) is 13.4. The average Bonchev–Trinajstić information content (AvgIpc) is 3.01. The van der Waals surface area contributed by atoms with Crippen molar-refractivity contribution in [3.63, 3.8) is 0 Å². The number of phenols is 1. The average molecular weight is 1100 g/mol. The predicted octanol–water partition coefficient (Wildman–Crippen LogP) is 12.3. The minimum atomic E-state index is -6.09. The SMILES string of the molecule is Fc1cc(Br)cc(F)c1C1=[S+]CCCS1.Fc1cc(OC(F)(F)c2c(F)cc(Br)cc2F)cc(F)c1C(F)(F)F.O=S(=O)([O-])C(F)(F)F.Oc1cc(F)c(C(F)(F)F)c(F)c1. The smallest absolute Gasteiger partial charge is 0.485 e. The van der Waals surface area contributed by atoms with E-state index in [1.807, 2.05) is 0 Å². The number of alkyl halides is 11. The van der Waals surface area contributed by atoms with Crippen molar-refractivity contribution in [3.8, 4) is 11.5 Å². The highest BCUT2D eigenvalue weighted by atomic mass is 79.9. The van der Waals surface area contributed by atoms with Gasteiger partial charge in [0.15, 0.2) is 27.2 Å². The van der Waals surface area contributed by atoms with Crippen molar-refractivity contribution >= 4 is 69.3 Å². The first-order chi connectivity index (χ1) is 27.6. The molecule has 4 aromatic rings. The van der Waals surface area contributed by atoms with Gasteiger partial charge in [-0.15, -0.1) is 0 Å². The zero-order valence-corrected chi connectivity index (χ0v) is 34.1. The molecule has 338 valence electrons. The predicted molar refractivity (Wildman–Crippen MR) is 186 cm³/mol. The first-order valence-electron chi connectivity index (χ1n) is 14.9. The molecular weight excluding hydrogens is 1080 g/mol. The highest BCUT2D eigenvalue weighted by molar-refractivity contribution is 9.10. The van der Waals surface area contributed by atoms with Gasteiger partial charge < -0.3 is 14.4 Å². The topological polar surface area (TPSA) is 86.7 Å². The molecule has 0 saturated carbocycles. The zero-order valence-electron chi connectivity index (χ0n) is 28.5. The zero-order chi connectivity index (χ0) is 47.2. The lowest BCUT2D eigenvalue weighted by molar-refractivity contribution is -0.189. The molecule has 0 unspecified atom stereocenters. The van der Waals surface area contributed by atoms with Crippen molar-refractivity contribution in [2.24, 2.45) is 0 Å². The number of rotatable bonds is 4. The molecule has 29 heteroatoms. The van der Waals surface area contributed by atoms with Gasteiger partial charge in [-0.25, -0.2) is 43.5 Å². The van der Waals surface area contributed by atoms with E-state index in [-0.39, 0.29) is 34.3 Å². The van der Waals surface area contributed by atoms with Crippen LogP contribution in [0.1, 0.15) is 28.7 Å². The summed E-state index contributed by atoms with van der Waals surface area (Å²) in [5, 5.41) is 8.54. The molecule has 5 nitrogen and oxygen atoms in total. The molecule has 0 radical (unpaired) electrons. The summed E-state index contributed by atoms with van der Waals surface area (Å²) in [7, 11) is -6.09. The molecule has 61 heavy (non-hydrogen) atoms. The van der Waals surface area contributed by atoms with Crippen molar-refractivity contribution in [2.75, 3.05) is 11.5 Å². The van der Waals surface area contributed by atoms with E-state index < -0.39 is 109 Å². The summed E-state index contributed by atoms with van der Waals surface area (Å²) in [6.07, 6.45) is -14.2. The molecule has 1 heterocycles. The lowest BCUT2D eigenvalue weighted by Gasteiger charge is -2.20. The van der Waals surface area contributed by atoms with Crippen LogP contribution in [0.15, 0.2) is 57.5 Å². The molecule has 1 N–H and O–H groups in total. The quantitative estimate of drug-likeness (QED) is 0.0720. The van der Waals surface area contributed by atoms with Crippen LogP contribution >= 0.6 is 43.6 Å². The fraction of sp³-hybridized carbons (Fsp3) is 0.219. The Morgan fingerprint density at radius 1 is 0.607 bits per heavy atom. The Bertz CT molecular complexity index is 2260. The Balaban J connectivity index is 0.000000304. The highest BCUT2D eigenvalue weighted by Gasteiger charge is 2.43. The Kier molecular flexibility index (Phi) is 18.2. The monoisotopic (exact) mass is 1090 g/mol. The van der Waals surface area contributed by atoms with Gasteiger partial charge in [0, 0.05) is 45.4 Å². The van der Waals surface area contributed by atoms with Crippen LogP contribution in [-0.2, 0) is 39.9 Å². The van der Waals surface area contributed by atoms with Gasteiger partial charge in [0.25, 0.3) is 4.20 Å². The molecule has 0 saturated heterocycles. The van der Waals surface area contributed by atoms with Gasteiger partial charge in [0.05, 0.1) is 0 Å². The Labute approximate surface area is 353 Å². The summed E-state index contributed by atoms with van der Waals surface area (Å²) in [5.41, 5.74) is -11.7. The van der Waals surface area contributed by atoms with Crippen LogP contribution < -0.4 is 4.74 Å². The van der Waals surface area contributed by atoms with Crippen LogP contribution in [0.2, 0.25) is 0 Å². The van der Waals surface area contributed by atoms with E-state index in [1.165, 1.54) is 35.2 Å². The Morgan fingerprint density at radius 3 is 1.28 bits per heavy atom. The first kappa shape index (κ1) is 53.6. The number of halogens is 21. The first-order valence-corrected chi connectivity index (χ1v) is 19.9. The molecule has 4 aromatic carbocycles. The van der Waals surface area contributed by atoms with Crippen LogP contribution in [0, 0.1) is 46.5 Å². The second-order valence-electron chi connectivity index (χ2n) is 10.9. The lowest BCUT2D eigenvalue weighted by atomic mass is 10.1. The molecule has 5 rings (SSSR count). The van der Waals surface area contributed by atoms with E-state index in [0.717, 1.165) is 22.1 Å². The number of hydrogen-bond donors (Lipinski definition) is 1. The number of aromatic hydroxyl groups is 1. The maximum Gasteiger partial charge on any atom is 0.485 e. The number of benzene rings is 4. The van der Waals surface area contributed by atoms with E-state index in [0.29, 0.717) is 16.6 Å². The number of thioether (sulfide) groups is 1. The van der Waals surface area contributed by atoms with Crippen LogP contribution in [0.4, 0.5) is 83.4 Å². The van der Waals surface area contributed by atoms with Crippen molar-refractivity contribution < 1.29 is 106 Å². The van der Waals surface area contributed by atoms with E-state index in [2.05, 4.69) is 36.6 Å². The van der Waals surface area contributed by atoms with Crippen molar-refractivity contribution in [1.82, 2.24) is 0 Å². The van der Waals surface area contributed by atoms with Gasteiger partial charge in [-0.1, -0.05) is 43.6 Å². The summed E-state index contributed by atoms with van der Waals surface area (Å²) in [6.45, 7) is 0. The van der Waals surface area contributed by atoms with Crippen molar-refractivity contribution in [2.45, 2.75) is 30.4 Å². The third-order valence-electron chi connectivity index (χ3n) is 6.40. The molecule has 1 aliphatic heterocycles. The van der Waals surface area contributed by atoms with Crippen molar-refractivity contribution in [1.29, 1.82) is 0 Å². The minimum Gasteiger partial charge on any atom is -0.741 e. The number of hydrogen-bond acceptors (Lipinski definition) is 6. The van der Waals surface area contributed by atoms with Gasteiger partial charge >= 0.3 is 24.0 Å². The van der Waals surface area contributed by atoms with Gasteiger partial charge in [0.1, 0.15) is 80.3 Å². The summed E-state index contributed by atoms with van der Waals surface area (Å²) < 4.78 is 270. The maximum absolute atomic E-state index is 13.9. The van der Waals surface area contributed by atoms with Gasteiger partial charge in [0.2, 0.25) is 0 Å². The molecule has 0 aliphatic carbocycles. The van der Waals surface area contributed by atoms with Crippen LogP contribution in [0.5, 0.6) is 11.5 Å². The molecular formula is C32H15Br2F19O5S3. The molecule has 0 fully saturated rings. The second-order valence-corrected chi connectivity index (χ2v) is 16.6. The van der Waals surface area contributed by atoms with E-state index in [9.17, 15) is 83.4 Å². The third-order valence-corrected chi connectivity index (χ3v) is 10.5. The molecule has 0 bridgehead atoms. The molecule has 0 spiro atoms. The fourth-order valence-corrected chi connectivity index (χ4v) is 7.49. The third kappa shape index (κ3) is 15.3. The van der Waals surface area contributed by atoms with Crippen molar-refractivity contribution in [3.05, 3.63) is 126 Å². The van der Waals surface area contributed by atoms with E-state index in [4.69, 9.17) is 18.1 Å². The largest absolute Gasteiger partial charge is 0.741 e. The van der Waals surface area contributed by atoms with Crippen LogP contribution in [0.3, 0.4) is 0 Å². The molecule has 0 atom stereocenters. The van der Waals surface area contributed by atoms with Crippen LogP contribution in [0.25, 0.3) is 0 Å². The summed E-state index contributed by atoms with van der Waals surface area (Å²) in [5.74, 6) is -13.0. The maximum atomic E-state index is 13.9. The van der Waals surface area contributed by atoms with Crippen LogP contribution in [-0.4, -0.2) is 39.3 Å². The highest BCUT2D eigenvalue weighted by Crippen LogP contribution is 2.40. The molecule has 0 amide bonds. The van der Waals surface area contributed by atoms with Gasteiger partial charge in [-0.3, -0.25) is 0 Å². The second kappa shape index (κ2) is 20.8. The number of phenolic OH excluding ortho intramolecular Hbond substituents is 1. The summed E-state index contributed by atoms with van der Waals surface area (Å²) in [4.78, 5) is 0. The standard InChI is InChI=1S/C14H4BrF9O.C10H8BrF2S2.C7H3F5O.CHF3O3S/c15-5-1-7(16)12(8(17)2-5)14(23,24)25-6-3-9(18)11(10(19)4-6)13(20,21)22;11-6-4-7(12)9(8(13)5-6)10-14-2-1-3-15-10;8-4-1-3(13)2-5(9)6(4)7(10,11)12;2-1(3,4)8(5,6)7/h1-4H;4-5H,1-3H2;1-2,13H;(H,5,6,7)/q;+1;;/p-1. The summed E-state index contributed by atoms with van der Waals surface area (Å²) in [6, 6.07) is 3.62. The fourth-order valence-electron chi connectivity index (χ4n) is 4.04. The number of ether oxygens (including phenoxy) is 1.